The van der Waals surface area contributed by atoms with Gasteiger partial charge in [0.1, 0.15) is 5.82 Å². The Morgan fingerprint density at radius 3 is 2.40 bits per heavy atom. The van der Waals surface area contributed by atoms with Crippen LogP contribution in [0.1, 0.15) is 24.1 Å². The monoisotopic (exact) mass is 434 g/mol. The maximum Gasteiger partial charge on any atom is 0.191 e. The van der Waals surface area contributed by atoms with Gasteiger partial charge in [0.2, 0.25) is 0 Å². The van der Waals surface area contributed by atoms with E-state index in [1.54, 1.807) is 24.3 Å². The first kappa shape index (κ1) is 23.8. The Hall–Kier alpha value is -2.45. The van der Waals surface area contributed by atoms with Crippen LogP contribution in [0.2, 0.25) is 0 Å². The summed E-state index contributed by atoms with van der Waals surface area (Å²) in [6.07, 6.45) is 1.93. The molecule has 0 amide bonds. The topological polar surface area (TPSA) is 73.8 Å². The molecule has 2 aromatic rings. The number of halogens is 1. The van der Waals surface area contributed by atoms with Gasteiger partial charge < -0.3 is 15.5 Å². The Balaban J connectivity index is 1.99. The van der Waals surface area contributed by atoms with E-state index in [0.717, 1.165) is 24.1 Å². The maximum atomic E-state index is 13.6. The van der Waals surface area contributed by atoms with Crippen molar-refractivity contribution in [1.29, 1.82) is 0 Å². The summed E-state index contributed by atoms with van der Waals surface area (Å²) in [7, 11) is 0.719. The first-order valence-electron chi connectivity index (χ1n) is 9.93. The Kier molecular flexibility index (Phi) is 8.80. The third kappa shape index (κ3) is 7.42. The van der Waals surface area contributed by atoms with Gasteiger partial charge in [-0.25, -0.2) is 12.8 Å². The Labute approximate surface area is 179 Å². The van der Waals surface area contributed by atoms with Gasteiger partial charge in [0.05, 0.1) is 17.5 Å². The van der Waals surface area contributed by atoms with Crippen LogP contribution in [0.5, 0.6) is 0 Å². The highest BCUT2D eigenvalue weighted by Crippen LogP contribution is 2.19. The SMILES string of the molecule is CCNC(=NCC(c1cccc(F)c1)N(C)C)NCCc1ccc(S(C)(=O)=O)cc1. The average molecular weight is 435 g/mol. The van der Waals surface area contributed by atoms with Crippen LogP contribution in [0.3, 0.4) is 0 Å². The van der Waals surface area contributed by atoms with Gasteiger partial charge in [-0.2, -0.15) is 0 Å². The molecule has 1 atom stereocenters. The predicted octanol–water partition coefficient (Wildman–Crippen LogP) is 2.63. The lowest BCUT2D eigenvalue weighted by Gasteiger charge is -2.23. The van der Waals surface area contributed by atoms with Crippen molar-refractivity contribution in [2.45, 2.75) is 24.3 Å². The second-order valence-electron chi connectivity index (χ2n) is 7.35. The van der Waals surface area contributed by atoms with Crippen LogP contribution >= 0.6 is 0 Å². The first-order chi connectivity index (χ1) is 14.2. The number of guanidine groups is 1. The van der Waals surface area contributed by atoms with Crippen LogP contribution < -0.4 is 10.6 Å². The van der Waals surface area contributed by atoms with E-state index in [1.807, 2.05) is 44.1 Å². The van der Waals surface area contributed by atoms with Crippen molar-refractivity contribution in [3.8, 4) is 0 Å². The molecule has 0 saturated carbocycles. The minimum Gasteiger partial charge on any atom is -0.357 e. The summed E-state index contributed by atoms with van der Waals surface area (Å²) in [6.45, 7) is 3.85. The van der Waals surface area contributed by atoms with E-state index >= 15 is 0 Å². The molecule has 2 N–H and O–H groups in total. The fourth-order valence-corrected chi connectivity index (χ4v) is 3.66. The van der Waals surface area contributed by atoms with Crippen LogP contribution in [0.15, 0.2) is 58.4 Å². The normalized spacial score (nSPS) is 13.3. The number of hydrogen-bond donors (Lipinski definition) is 2. The molecule has 0 heterocycles. The van der Waals surface area contributed by atoms with E-state index < -0.39 is 9.84 Å². The Morgan fingerprint density at radius 1 is 1.13 bits per heavy atom. The second-order valence-corrected chi connectivity index (χ2v) is 9.36. The number of rotatable bonds is 9. The van der Waals surface area contributed by atoms with E-state index in [0.29, 0.717) is 23.9 Å². The summed E-state index contributed by atoms with van der Waals surface area (Å²) in [5.74, 6) is 0.434. The van der Waals surface area contributed by atoms with E-state index in [4.69, 9.17) is 0 Å². The highest BCUT2D eigenvalue weighted by Gasteiger charge is 2.14. The van der Waals surface area contributed by atoms with Gasteiger partial charge in [0, 0.05) is 19.3 Å². The fraction of sp³-hybridized carbons (Fsp3) is 0.409. The van der Waals surface area contributed by atoms with Gasteiger partial charge in [-0.05, 0) is 62.8 Å². The molecule has 0 fully saturated rings. The first-order valence-corrected chi connectivity index (χ1v) is 11.8. The van der Waals surface area contributed by atoms with Crippen molar-refractivity contribution < 1.29 is 12.8 Å². The highest BCUT2D eigenvalue weighted by molar-refractivity contribution is 7.90. The molecule has 164 valence electrons. The number of nitrogens with zero attached hydrogens (tertiary/aromatic N) is 2. The molecule has 1 unspecified atom stereocenters. The number of aliphatic imine (C=N–C) groups is 1. The van der Waals surface area contributed by atoms with Crippen molar-refractivity contribution in [3.05, 3.63) is 65.5 Å². The molecule has 0 spiro atoms. The molecule has 2 aromatic carbocycles. The van der Waals surface area contributed by atoms with Crippen molar-refractivity contribution in [2.75, 3.05) is 40.0 Å². The minimum atomic E-state index is -3.18. The molecule has 0 aliphatic heterocycles. The van der Waals surface area contributed by atoms with Crippen LogP contribution in [0, 0.1) is 5.82 Å². The molecule has 0 saturated heterocycles. The van der Waals surface area contributed by atoms with Crippen molar-refractivity contribution in [1.82, 2.24) is 15.5 Å². The van der Waals surface area contributed by atoms with Crippen LogP contribution in [0.4, 0.5) is 4.39 Å². The van der Waals surface area contributed by atoms with Crippen molar-refractivity contribution in [3.63, 3.8) is 0 Å². The number of benzene rings is 2. The van der Waals surface area contributed by atoms with Crippen LogP contribution in [-0.4, -0.2) is 59.3 Å². The zero-order chi connectivity index (χ0) is 22.1. The number of likely N-dealkylation sites (N-methyl/N-ethyl adjacent to an activating group) is 1. The van der Waals surface area contributed by atoms with Crippen LogP contribution in [0.25, 0.3) is 0 Å². The lowest BCUT2D eigenvalue weighted by Crippen LogP contribution is -2.39. The second kappa shape index (κ2) is 11.1. The fourth-order valence-electron chi connectivity index (χ4n) is 3.03. The molecule has 0 aliphatic carbocycles. The highest BCUT2D eigenvalue weighted by atomic mass is 32.2. The van der Waals surface area contributed by atoms with Crippen molar-refractivity contribution >= 4 is 15.8 Å². The Bertz CT molecular complexity index is 944. The zero-order valence-corrected chi connectivity index (χ0v) is 18.8. The van der Waals surface area contributed by atoms with Gasteiger partial charge in [-0.1, -0.05) is 24.3 Å². The molecular weight excluding hydrogens is 403 g/mol. The molecule has 0 bridgehead atoms. The number of sulfone groups is 1. The number of nitrogens with one attached hydrogen (secondary N) is 2. The molecular formula is C22H31FN4O2S. The Morgan fingerprint density at radius 2 is 1.83 bits per heavy atom. The van der Waals surface area contributed by atoms with E-state index in [-0.39, 0.29) is 11.9 Å². The summed E-state index contributed by atoms with van der Waals surface area (Å²) >= 11 is 0. The molecule has 0 aliphatic rings. The lowest BCUT2D eigenvalue weighted by atomic mass is 10.1. The van der Waals surface area contributed by atoms with Crippen LogP contribution in [-0.2, 0) is 16.3 Å². The quantitative estimate of drug-likeness (QED) is 0.469. The summed E-state index contributed by atoms with van der Waals surface area (Å²) < 4.78 is 36.7. The summed E-state index contributed by atoms with van der Waals surface area (Å²) in [5, 5.41) is 6.52. The molecule has 0 radical (unpaired) electrons. The van der Waals surface area contributed by atoms with E-state index in [2.05, 4.69) is 15.6 Å². The standard InChI is InChI=1S/C22H31FN4O2S/c1-5-24-22(25-14-13-17-9-11-20(12-10-17)30(4,28)29)26-16-21(27(2)3)18-7-6-8-19(23)15-18/h6-12,15,21H,5,13-14,16H2,1-4H3,(H2,24,25,26). The molecule has 2 rings (SSSR count). The molecule has 0 aromatic heterocycles. The lowest BCUT2D eigenvalue weighted by molar-refractivity contribution is 0.305. The summed E-state index contributed by atoms with van der Waals surface area (Å²) in [6, 6.07) is 13.5. The average Bonchev–Trinajstić information content (AvgIpc) is 2.67. The van der Waals surface area contributed by atoms with Gasteiger partial charge in [0.15, 0.2) is 15.8 Å². The zero-order valence-electron chi connectivity index (χ0n) is 18.0. The maximum absolute atomic E-state index is 13.6. The van der Waals surface area contributed by atoms with Gasteiger partial charge in [-0.3, -0.25) is 4.99 Å². The van der Waals surface area contributed by atoms with Gasteiger partial charge in [0.25, 0.3) is 0 Å². The van der Waals surface area contributed by atoms with E-state index in [1.165, 1.54) is 12.3 Å². The third-order valence-electron chi connectivity index (χ3n) is 4.68. The van der Waals surface area contributed by atoms with Gasteiger partial charge >= 0.3 is 0 Å². The molecule has 30 heavy (non-hydrogen) atoms. The largest absolute Gasteiger partial charge is 0.357 e. The predicted molar refractivity (Wildman–Crippen MR) is 120 cm³/mol. The third-order valence-corrected chi connectivity index (χ3v) is 5.81. The molecule has 8 heteroatoms. The summed E-state index contributed by atoms with van der Waals surface area (Å²) in [4.78, 5) is 7.01. The minimum absolute atomic E-state index is 0.0420. The number of hydrogen-bond acceptors (Lipinski definition) is 4. The smallest absolute Gasteiger partial charge is 0.191 e. The van der Waals surface area contributed by atoms with Gasteiger partial charge in [-0.15, -0.1) is 0 Å². The summed E-state index contributed by atoms with van der Waals surface area (Å²) in [5.41, 5.74) is 1.92. The van der Waals surface area contributed by atoms with Crippen molar-refractivity contribution in [2.24, 2.45) is 4.99 Å². The molecule has 6 nitrogen and oxygen atoms in total. The van der Waals surface area contributed by atoms with E-state index in [9.17, 15) is 12.8 Å².